The van der Waals surface area contributed by atoms with Crippen molar-refractivity contribution in [3.8, 4) is 0 Å². The molecule has 1 saturated heterocycles. The van der Waals surface area contributed by atoms with E-state index in [1.807, 2.05) is 37.3 Å². The van der Waals surface area contributed by atoms with E-state index in [1.165, 1.54) is 0 Å². The molecule has 0 aromatic heterocycles. The Balaban J connectivity index is 2.06. The molecule has 0 spiro atoms. The monoisotopic (exact) mass is 263 g/mol. The number of nitrogens with zero attached hydrogens (tertiary/aromatic N) is 1. The number of carbonyl (C=O) groups excluding carboxylic acids is 1. The third kappa shape index (κ3) is 3.33. The Labute approximate surface area is 114 Å². The van der Waals surface area contributed by atoms with E-state index < -0.39 is 11.7 Å². The van der Waals surface area contributed by atoms with Crippen molar-refractivity contribution < 1.29 is 14.6 Å². The molecular weight excluding hydrogens is 242 g/mol. The number of carbonyl (C=O) groups is 1. The fourth-order valence-electron chi connectivity index (χ4n) is 2.38. The number of hydrogen-bond donors (Lipinski definition) is 1. The normalized spacial score (nSPS) is 20.1. The first-order valence-corrected chi connectivity index (χ1v) is 6.62. The minimum Gasteiger partial charge on any atom is -0.390 e. The van der Waals surface area contributed by atoms with E-state index in [0.29, 0.717) is 25.9 Å². The lowest BCUT2D eigenvalue weighted by molar-refractivity contribution is -0.146. The first-order chi connectivity index (χ1) is 9.03. The van der Waals surface area contributed by atoms with Crippen LogP contribution in [0.4, 0.5) is 0 Å². The topological polar surface area (TPSA) is 49.8 Å². The summed E-state index contributed by atoms with van der Waals surface area (Å²) >= 11 is 0. The van der Waals surface area contributed by atoms with Crippen LogP contribution in [0.5, 0.6) is 0 Å². The first-order valence-electron chi connectivity index (χ1n) is 6.62. The van der Waals surface area contributed by atoms with Crippen molar-refractivity contribution in [3.05, 3.63) is 35.9 Å². The number of methoxy groups -OCH3 is 1. The van der Waals surface area contributed by atoms with Gasteiger partial charge in [0.25, 0.3) is 5.91 Å². The lowest BCUT2D eigenvalue weighted by Gasteiger charge is -2.37. The van der Waals surface area contributed by atoms with Crippen LogP contribution in [0.25, 0.3) is 0 Å². The fourth-order valence-corrected chi connectivity index (χ4v) is 2.38. The van der Waals surface area contributed by atoms with Crippen molar-refractivity contribution in [2.45, 2.75) is 31.5 Å². The predicted molar refractivity (Wildman–Crippen MR) is 72.6 cm³/mol. The van der Waals surface area contributed by atoms with E-state index in [1.54, 1.807) is 12.0 Å². The highest BCUT2D eigenvalue weighted by atomic mass is 16.5. The quantitative estimate of drug-likeness (QED) is 0.904. The van der Waals surface area contributed by atoms with Crippen molar-refractivity contribution in [1.29, 1.82) is 0 Å². The van der Waals surface area contributed by atoms with Gasteiger partial charge >= 0.3 is 0 Å². The number of piperidine rings is 1. The molecule has 0 aliphatic carbocycles. The van der Waals surface area contributed by atoms with Crippen LogP contribution >= 0.6 is 0 Å². The Morgan fingerprint density at radius 3 is 2.42 bits per heavy atom. The summed E-state index contributed by atoms with van der Waals surface area (Å²) in [6.45, 7) is 2.98. The highest BCUT2D eigenvalue weighted by Gasteiger charge is 2.33. The predicted octanol–water partition coefficient (Wildman–Crippen LogP) is 1.75. The molecule has 4 nitrogen and oxygen atoms in total. The van der Waals surface area contributed by atoms with Gasteiger partial charge in [-0.15, -0.1) is 0 Å². The van der Waals surface area contributed by atoms with Gasteiger partial charge < -0.3 is 14.7 Å². The SMILES string of the molecule is COC(C(=O)N1CCC(C)(O)CC1)c1ccccc1. The van der Waals surface area contributed by atoms with Gasteiger partial charge in [-0.2, -0.15) is 0 Å². The smallest absolute Gasteiger partial charge is 0.256 e. The molecule has 1 aromatic carbocycles. The van der Waals surface area contributed by atoms with Crippen LogP contribution in [0.2, 0.25) is 0 Å². The zero-order chi connectivity index (χ0) is 13.9. The van der Waals surface area contributed by atoms with Gasteiger partial charge in [-0.1, -0.05) is 30.3 Å². The maximum absolute atomic E-state index is 12.5. The molecule has 1 N–H and O–H groups in total. The highest BCUT2D eigenvalue weighted by molar-refractivity contribution is 5.82. The molecule has 19 heavy (non-hydrogen) atoms. The number of hydrogen-bond acceptors (Lipinski definition) is 3. The van der Waals surface area contributed by atoms with Crippen molar-refractivity contribution in [1.82, 2.24) is 4.90 Å². The summed E-state index contributed by atoms with van der Waals surface area (Å²) in [5.41, 5.74) is 0.221. The van der Waals surface area contributed by atoms with Crippen molar-refractivity contribution in [3.63, 3.8) is 0 Å². The highest BCUT2D eigenvalue weighted by Crippen LogP contribution is 2.25. The van der Waals surface area contributed by atoms with Crippen molar-refractivity contribution in [2.75, 3.05) is 20.2 Å². The summed E-state index contributed by atoms with van der Waals surface area (Å²) < 4.78 is 5.35. The molecule has 0 radical (unpaired) electrons. The average Bonchev–Trinajstić information content (AvgIpc) is 2.40. The van der Waals surface area contributed by atoms with Gasteiger partial charge in [0, 0.05) is 20.2 Å². The van der Waals surface area contributed by atoms with E-state index in [0.717, 1.165) is 5.56 Å². The number of aliphatic hydroxyl groups is 1. The molecule has 1 amide bonds. The van der Waals surface area contributed by atoms with Gasteiger partial charge in [-0.3, -0.25) is 4.79 Å². The van der Waals surface area contributed by atoms with Gasteiger partial charge in [-0.25, -0.2) is 0 Å². The lowest BCUT2D eigenvalue weighted by Crippen LogP contribution is -2.46. The van der Waals surface area contributed by atoms with Crippen LogP contribution in [-0.2, 0) is 9.53 Å². The van der Waals surface area contributed by atoms with E-state index in [2.05, 4.69) is 0 Å². The Kier molecular flexibility index (Phi) is 4.22. The Bertz CT molecular complexity index is 420. The molecule has 1 unspecified atom stereocenters. The van der Waals surface area contributed by atoms with Crippen LogP contribution in [0.3, 0.4) is 0 Å². The Morgan fingerprint density at radius 2 is 1.89 bits per heavy atom. The first kappa shape index (κ1) is 14.0. The molecule has 1 atom stereocenters. The molecule has 1 heterocycles. The molecule has 104 valence electrons. The second-order valence-electron chi connectivity index (χ2n) is 5.35. The van der Waals surface area contributed by atoms with Crippen LogP contribution in [-0.4, -0.2) is 41.7 Å². The number of benzene rings is 1. The summed E-state index contributed by atoms with van der Waals surface area (Å²) in [6.07, 6.45) is 0.678. The summed E-state index contributed by atoms with van der Waals surface area (Å²) in [5.74, 6) is -0.0239. The number of rotatable bonds is 3. The number of ether oxygens (including phenoxy) is 1. The molecule has 0 saturated carbocycles. The standard InChI is InChI=1S/C15H21NO3/c1-15(18)8-10-16(11-9-15)14(17)13(19-2)12-6-4-3-5-7-12/h3-7,13,18H,8-11H2,1-2H3. The fraction of sp³-hybridized carbons (Fsp3) is 0.533. The average molecular weight is 263 g/mol. The molecule has 1 aliphatic heterocycles. The molecule has 1 fully saturated rings. The largest absolute Gasteiger partial charge is 0.390 e. The number of likely N-dealkylation sites (tertiary alicyclic amines) is 1. The van der Waals surface area contributed by atoms with Gasteiger partial charge in [-0.05, 0) is 25.3 Å². The van der Waals surface area contributed by atoms with E-state index >= 15 is 0 Å². The maximum atomic E-state index is 12.5. The zero-order valence-electron chi connectivity index (χ0n) is 11.5. The molecule has 4 heteroatoms. The van der Waals surface area contributed by atoms with Crippen molar-refractivity contribution in [2.24, 2.45) is 0 Å². The summed E-state index contributed by atoms with van der Waals surface area (Å²) in [4.78, 5) is 14.2. The van der Waals surface area contributed by atoms with E-state index in [4.69, 9.17) is 4.74 Å². The van der Waals surface area contributed by atoms with E-state index in [-0.39, 0.29) is 5.91 Å². The molecule has 1 aromatic rings. The molecule has 2 rings (SSSR count). The molecule has 1 aliphatic rings. The van der Waals surface area contributed by atoms with Crippen LogP contribution in [0, 0.1) is 0 Å². The maximum Gasteiger partial charge on any atom is 0.256 e. The minimum atomic E-state index is -0.647. The van der Waals surface area contributed by atoms with Crippen LogP contribution in [0.15, 0.2) is 30.3 Å². The van der Waals surface area contributed by atoms with Gasteiger partial charge in [0.05, 0.1) is 5.60 Å². The second-order valence-corrected chi connectivity index (χ2v) is 5.35. The van der Waals surface area contributed by atoms with Crippen molar-refractivity contribution >= 4 is 5.91 Å². The third-order valence-corrected chi connectivity index (χ3v) is 3.71. The Hall–Kier alpha value is -1.39. The molecule has 0 bridgehead atoms. The lowest BCUT2D eigenvalue weighted by atomic mass is 9.93. The zero-order valence-corrected chi connectivity index (χ0v) is 11.5. The summed E-state index contributed by atoms with van der Waals surface area (Å²) in [5, 5.41) is 9.92. The van der Waals surface area contributed by atoms with Crippen LogP contribution in [0.1, 0.15) is 31.4 Å². The third-order valence-electron chi connectivity index (χ3n) is 3.71. The summed E-state index contributed by atoms with van der Waals surface area (Å²) in [7, 11) is 1.55. The minimum absolute atomic E-state index is 0.0239. The molecular formula is C15H21NO3. The Morgan fingerprint density at radius 1 is 1.32 bits per heavy atom. The second kappa shape index (κ2) is 5.72. The van der Waals surface area contributed by atoms with Gasteiger partial charge in [0.1, 0.15) is 0 Å². The summed E-state index contributed by atoms with van der Waals surface area (Å²) in [6, 6.07) is 9.50. The van der Waals surface area contributed by atoms with Crippen LogP contribution < -0.4 is 0 Å². The van der Waals surface area contributed by atoms with Gasteiger partial charge in [0.2, 0.25) is 0 Å². The van der Waals surface area contributed by atoms with E-state index in [9.17, 15) is 9.90 Å². The van der Waals surface area contributed by atoms with Gasteiger partial charge in [0.15, 0.2) is 6.10 Å². The number of amides is 1.